The fourth-order valence-corrected chi connectivity index (χ4v) is 4.70. The summed E-state index contributed by atoms with van der Waals surface area (Å²) in [5.41, 5.74) is 6.76. The lowest BCUT2D eigenvalue weighted by molar-refractivity contribution is 0.481. The molecular weight excluding hydrogens is 370 g/mol. The van der Waals surface area contributed by atoms with Crippen LogP contribution in [0.3, 0.4) is 0 Å². The molecule has 0 fully saturated rings. The molecule has 1 unspecified atom stereocenters. The number of fused-ring (bicyclic) bond motifs is 1. The van der Waals surface area contributed by atoms with E-state index >= 15 is 0 Å². The summed E-state index contributed by atoms with van der Waals surface area (Å²) < 4.78 is 1.07. The van der Waals surface area contributed by atoms with Crippen molar-refractivity contribution >= 4 is 39.6 Å². The Bertz CT molecular complexity index is 797. The van der Waals surface area contributed by atoms with Crippen molar-refractivity contribution < 1.29 is 0 Å². The first-order valence-corrected chi connectivity index (χ1v) is 10.9. The Balaban J connectivity index is 1.75. The number of hydrogen-bond acceptors (Lipinski definition) is 5. The van der Waals surface area contributed by atoms with Gasteiger partial charge in [0, 0.05) is 37.3 Å². The van der Waals surface area contributed by atoms with E-state index < -0.39 is 0 Å². The van der Waals surface area contributed by atoms with Crippen LogP contribution in [0.15, 0.2) is 36.7 Å². The molecule has 0 radical (unpaired) electrons. The molecule has 3 nitrogen and oxygen atoms in total. The number of rotatable bonds is 6. The fraction of sp³-hybridized carbons (Fsp3) is 0.455. The normalized spacial score (nSPS) is 16.1. The van der Waals surface area contributed by atoms with Gasteiger partial charge in [0.1, 0.15) is 0 Å². The summed E-state index contributed by atoms with van der Waals surface area (Å²) in [7, 11) is 2.02. The third-order valence-electron chi connectivity index (χ3n) is 4.75. The number of pyridine rings is 1. The second-order valence-corrected chi connectivity index (χ2v) is 10.1. The van der Waals surface area contributed by atoms with Crippen molar-refractivity contribution in [1.29, 1.82) is 0 Å². The Morgan fingerprint density at radius 3 is 2.78 bits per heavy atom. The summed E-state index contributed by atoms with van der Waals surface area (Å²) in [4.78, 5) is 4.21. The Labute approximate surface area is 172 Å². The van der Waals surface area contributed by atoms with Gasteiger partial charge in [0.15, 0.2) is 0 Å². The molecule has 5 heteroatoms. The van der Waals surface area contributed by atoms with E-state index in [1.807, 2.05) is 31.1 Å². The zero-order valence-corrected chi connectivity index (χ0v) is 18.3. The minimum absolute atomic E-state index is 0.295. The molecule has 1 aliphatic rings. The van der Waals surface area contributed by atoms with Gasteiger partial charge in [-0.2, -0.15) is 0 Å². The molecule has 1 atom stereocenters. The van der Waals surface area contributed by atoms with Crippen LogP contribution in [-0.4, -0.2) is 22.0 Å². The summed E-state index contributed by atoms with van der Waals surface area (Å²) in [5, 5.41) is 7.07. The Hall–Kier alpha value is -1.59. The monoisotopic (exact) mass is 399 g/mol. The number of benzene rings is 1. The summed E-state index contributed by atoms with van der Waals surface area (Å²) >= 11 is 7.48. The summed E-state index contributed by atoms with van der Waals surface area (Å²) in [6, 6.07) is 8.91. The molecule has 1 heterocycles. The minimum Gasteiger partial charge on any atom is -0.388 e. The van der Waals surface area contributed by atoms with Crippen molar-refractivity contribution in [3.8, 4) is 0 Å². The van der Waals surface area contributed by atoms with Crippen molar-refractivity contribution in [3.05, 3.63) is 53.3 Å². The smallest absolute Gasteiger partial charge is 0.0531 e. The second-order valence-electron chi connectivity index (χ2n) is 8.29. The lowest BCUT2D eigenvalue weighted by atomic mass is 10.00. The van der Waals surface area contributed by atoms with Gasteiger partial charge in [-0.15, -0.1) is 11.8 Å². The number of nitrogens with one attached hydrogen (secondary N) is 2. The van der Waals surface area contributed by atoms with E-state index in [2.05, 4.69) is 54.6 Å². The van der Waals surface area contributed by atoms with Crippen LogP contribution in [0.2, 0.25) is 0 Å². The van der Waals surface area contributed by atoms with Gasteiger partial charge in [0.2, 0.25) is 0 Å². The average Bonchev–Trinajstić information content (AvgIpc) is 3.03. The second kappa shape index (κ2) is 8.61. The third kappa shape index (κ3) is 5.23. The number of anilines is 2. The van der Waals surface area contributed by atoms with E-state index in [9.17, 15) is 0 Å². The zero-order chi connectivity index (χ0) is 19.4. The summed E-state index contributed by atoms with van der Waals surface area (Å²) in [6.45, 7) is 6.77. The van der Waals surface area contributed by atoms with E-state index in [1.165, 1.54) is 22.4 Å². The number of thiocarbonyl (C=S) groups is 1. The lowest BCUT2D eigenvalue weighted by Gasteiger charge is -2.20. The van der Waals surface area contributed by atoms with Gasteiger partial charge in [-0.05, 0) is 47.1 Å². The average molecular weight is 400 g/mol. The largest absolute Gasteiger partial charge is 0.388 e. The predicted octanol–water partition coefficient (Wildman–Crippen LogP) is 5.87. The molecule has 1 aliphatic carbocycles. The highest BCUT2D eigenvalue weighted by Gasteiger charge is 2.26. The molecule has 0 saturated heterocycles. The van der Waals surface area contributed by atoms with Crippen LogP contribution < -0.4 is 10.6 Å². The first-order valence-electron chi connectivity index (χ1n) is 9.52. The lowest BCUT2D eigenvalue weighted by Crippen LogP contribution is -2.12. The van der Waals surface area contributed by atoms with Gasteiger partial charge in [0.25, 0.3) is 0 Å². The number of aromatic nitrogens is 1. The highest BCUT2D eigenvalue weighted by atomic mass is 32.2. The molecule has 0 spiro atoms. The van der Waals surface area contributed by atoms with E-state index in [0.29, 0.717) is 11.5 Å². The van der Waals surface area contributed by atoms with Crippen molar-refractivity contribution in [1.82, 2.24) is 4.98 Å². The fourth-order valence-electron chi connectivity index (χ4n) is 3.51. The highest BCUT2D eigenvalue weighted by molar-refractivity contribution is 8.23. The molecule has 0 amide bonds. The van der Waals surface area contributed by atoms with Crippen LogP contribution in [0, 0.1) is 5.41 Å². The van der Waals surface area contributed by atoms with Crippen LogP contribution in [0.4, 0.5) is 11.4 Å². The highest BCUT2D eigenvalue weighted by Crippen LogP contribution is 2.40. The molecule has 2 aromatic rings. The third-order valence-corrected chi connectivity index (χ3v) is 6.72. The molecule has 27 heavy (non-hydrogen) atoms. The Kier molecular flexibility index (Phi) is 6.43. The molecule has 2 N–H and O–H groups in total. The van der Waals surface area contributed by atoms with Crippen molar-refractivity contribution in [2.45, 2.75) is 46.1 Å². The standard InChI is InChI=1S/C22H29N3S2/c1-22(2,3)14-27-20(26)12-15-7-8-17-18(21(15)23-4)9-10-19(17)25-16-6-5-11-24-13-16/h5-8,11,13,19,23,25H,9-10,12,14H2,1-4H3. The number of thioether (sulfide) groups is 1. The maximum absolute atomic E-state index is 5.67. The molecule has 0 saturated carbocycles. The van der Waals surface area contributed by atoms with Gasteiger partial charge in [-0.3, -0.25) is 4.98 Å². The van der Waals surface area contributed by atoms with Crippen LogP contribution in [0.25, 0.3) is 0 Å². The van der Waals surface area contributed by atoms with Crippen LogP contribution >= 0.6 is 24.0 Å². The van der Waals surface area contributed by atoms with Crippen molar-refractivity contribution in [2.75, 3.05) is 23.4 Å². The number of nitrogens with zero attached hydrogens (tertiary/aromatic N) is 1. The van der Waals surface area contributed by atoms with E-state index in [-0.39, 0.29) is 0 Å². The van der Waals surface area contributed by atoms with E-state index in [1.54, 1.807) is 6.20 Å². The SMILES string of the molecule is CNc1c(CC(=S)SCC(C)(C)C)ccc2c1CCC2Nc1cccnc1. The van der Waals surface area contributed by atoms with Crippen molar-refractivity contribution in [2.24, 2.45) is 5.41 Å². The summed E-state index contributed by atoms with van der Waals surface area (Å²) in [5.74, 6) is 1.06. The van der Waals surface area contributed by atoms with Crippen LogP contribution in [-0.2, 0) is 12.8 Å². The maximum Gasteiger partial charge on any atom is 0.0531 e. The molecule has 1 aromatic carbocycles. The molecular formula is C22H29N3S2. The van der Waals surface area contributed by atoms with E-state index in [0.717, 1.165) is 34.9 Å². The first kappa shape index (κ1) is 20.2. The molecule has 1 aromatic heterocycles. The molecule has 0 bridgehead atoms. The Morgan fingerprint density at radius 1 is 1.30 bits per heavy atom. The van der Waals surface area contributed by atoms with Gasteiger partial charge >= 0.3 is 0 Å². The minimum atomic E-state index is 0.295. The summed E-state index contributed by atoms with van der Waals surface area (Å²) in [6.07, 6.45) is 6.72. The van der Waals surface area contributed by atoms with Gasteiger partial charge in [-0.25, -0.2) is 0 Å². The van der Waals surface area contributed by atoms with Gasteiger partial charge in [0.05, 0.1) is 15.9 Å². The Morgan fingerprint density at radius 2 is 2.11 bits per heavy atom. The zero-order valence-electron chi connectivity index (χ0n) is 16.6. The van der Waals surface area contributed by atoms with Gasteiger partial charge in [-0.1, -0.05) is 45.1 Å². The molecule has 144 valence electrons. The molecule has 3 rings (SSSR count). The van der Waals surface area contributed by atoms with E-state index in [4.69, 9.17) is 12.2 Å². The topological polar surface area (TPSA) is 37.0 Å². The predicted molar refractivity (Wildman–Crippen MR) is 123 cm³/mol. The van der Waals surface area contributed by atoms with Gasteiger partial charge < -0.3 is 10.6 Å². The quantitative estimate of drug-likeness (QED) is 0.594. The first-order chi connectivity index (χ1) is 12.9. The molecule has 0 aliphatic heterocycles. The van der Waals surface area contributed by atoms with Crippen LogP contribution in [0.1, 0.15) is 49.9 Å². The number of hydrogen-bond donors (Lipinski definition) is 2. The maximum atomic E-state index is 5.67. The van der Waals surface area contributed by atoms with Crippen LogP contribution in [0.5, 0.6) is 0 Å². The van der Waals surface area contributed by atoms with Crippen molar-refractivity contribution in [3.63, 3.8) is 0 Å².